The number of hydrogen-bond acceptors (Lipinski definition) is 7. The molecular formula is C21H27N5O6S. The van der Waals surface area contributed by atoms with Crippen LogP contribution >= 0.6 is 0 Å². The lowest BCUT2D eigenvalue weighted by molar-refractivity contribution is 0.0730. The highest BCUT2D eigenvalue weighted by molar-refractivity contribution is 7.89. The number of aromatic nitrogens is 4. The Labute approximate surface area is 190 Å². The number of nitrogens with one attached hydrogen (secondary N) is 2. The highest BCUT2D eigenvalue weighted by atomic mass is 32.2. The summed E-state index contributed by atoms with van der Waals surface area (Å²) in [5, 5.41) is 0. The van der Waals surface area contributed by atoms with E-state index < -0.39 is 21.3 Å². The zero-order chi connectivity index (χ0) is 23.6. The number of morpholine rings is 1. The van der Waals surface area contributed by atoms with Gasteiger partial charge in [-0.1, -0.05) is 13.8 Å². The van der Waals surface area contributed by atoms with Crippen molar-refractivity contribution in [3.8, 4) is 17.1 Å². The highest BCUT2D eigenvalue weighted by Crippen LogP contribution is 2.32. The van der Waals surface area contributed by atoms with E-state index in [1.807, 2.05) is 13.8 Å². The number of sulfonamides is 1. The normalized spacial score (nSPS) is 15.2. The summed E-state index contributed by atoms with van der Waals surface area (Å²) in [4.78, 5) is 34.5. The SMILES string of the molecule is CCCOc1ccc(S(=O)(=O)N2CCOCC2)cc1-c1nc2c([nH]1)c(=O)[nH]c(=O)n2CCC. The van der Waals surface area contributed by atoms with Crippen LogP contribution in [0.5, 0.6) is 5.75 Å². The molecule has 0 saturated carbocycles. The molecule has 1 aliphatic heterocycles. The van der Waals surface area contributed by atoms with E-state index >= 15 is 0 Å². The summed E-state index contributed by atoms with van der Waals surface area (Å²) in [5.41, 5.74) is -0.388. The number of H-pyrrole nitrogens is 2. The Balaban J connectivity index is 1.88. The minimum atomic E-state index is -3.76. The molecule has 4 rings (SSSR count). The molecule has 1 fully saturated rings. The van der Waals surface area contributed by atoms with Crippen molar-refractivity contribution in [2.75, 3.05) is 32.9 Å². The summed E-state index contributed by atoms with van der Waals surface area (Å²) in [7, 11) is -3.76. The minimum Gasteiger partial charge on any atom is -0.493 e. The summed E-state index contributed by atoms with van der Waals surface area (Å²) in [6, 6.07) is 4.58. The maximum atomic E-state index is 13.2. The van der Waals surface area contributed by atoms with Crippen LogP contribution in [0.15, 0.2) is 32.7 Å². The molecule has 1 aliphatic rings. The van der Waals surface area contributed by atoms with Gasteiger partial charge < -0.3 is 14.5 Å². The number of benzene rings is 1. The second-order valence-corrected chi connectivity index (χ2v) is 9.66. The van der Waals surface area contributed by atoms with Gasteiger partial charge in [0.1, 0.15) is 17.1 Å². The first kappa shape index (κ1) is 23.2. The van der Waals surface area contributed by atoms with Gasteiger partial charge in [0.05, 0.1) is 30.3 Å². The van der Waals surface area contributed by atoms with Crippen molar-refractivity contribution in [3.63, 3.8) is 0 Å². The number of aryl methyl sites for hydroxylation is 1. The predicted octanol–water partition coefficient (Wildman–Crippen LogP) is 1.30. The lowest BCUT2D eigenvalue weighted by Gasteiger charge is -2.26. The minimum absolute atomic E-state index is 0.0866. The summed E-state index contributed by atoms with van der Waals surface area (Å²) >= 11 is 0. The predicted molar refractivity (Wildman–Crippen MR) is 122 cm³/mol. The molecular weight excluding hydrogens is 450 g/mol. The van der Waals surface area contributed by atoms with Crippen molar-refractivity contribution < 1.29 is 17.9 Å². The number of rotatable bonds is 8. The van der Waals surface area contributed by atoms with Crippen LogP contribution in [0.25, 0.3) is 22.6 Å². The number of aromatic amines is 2. The molecule has 33 heavy (non-hydrogen) atoms. The average molecular weight is 478 g/mol. The molecule has 0 aliphatic carbocycles. The maximum absolute atomic E-state index is 13.2. The topological polar surface area (TPSA) is 139 Å². The lowest BCUT2D eigenvalue weighted by Crippen LogP contribution is -2.40. The molecule has 11 nitrogen and oxygen atoms in total. The third-order valence-corrected chi connectivity index (χ3v) is 7.25. The molecule has 3 heterocycles. The molecule has 3 aromatic rings. The van der Waals surface area contributed by atoms with Gasteiger partial charge in [0, 0.05) is 19.6 Å². The molecule has 12 heteroatoms. The fourth-order valence-corrected chi connectivity index (χ4v) is 5.16. The Morgan fingerprint density at radius 1 is 1.12 bits per heavy atom. The van der Waals surface area contributed by atoms with Gasteiger partial charge in [-0.15, -0.1) is 0 Å². The third kappa shape index (κ3) is 4.45. The van der Waals surface area contributed by atoms with Crippen LogP contribution in [-0.2, 0) is 21.3 Å². The molecule has 2 N–H and O–H groups in total. The fourth-order valence-electron chi connectivity index (χ4n) is 3.73. The average Bonchev–Trinajstić information content (AvgIpc) is 3.26. The van der Waals surface area contributed by atoms with Crippen LogP contribution < -0.4 is 16.0 Å². The van der Waals surface area contributed by atoms with E-state index in [1.165, 1.54) is 21.0 Å². The second kappa shape index (κ2) is 9.49. The second-order valence-electron chi connectivity index (χ2n) is 7.72. The van der Waals surface area contributed by atoms with Gasteiger partial charge in [-0.3, -0.25) is 14.3 Å². The number of hydrogen-bond donors (Lipinski definition) is 2. The van der Waals surface area contributed by atoms with Crippen LogP contribution in [-0.4, -0.2) is 65.2 Å². The molecule has 0 atom stereocenters. The Morgan fingerprint density at radius 2 is 1.88 bits per heavy atom. The largest absolute Gasteiger partial charge is 0.493 e. The van der Waals surface area contributed by atoms with E-state index in [9.17, 15) is 18.0 Å². The van der Waals surface area contributed by atoms with Crippen LogP contribution in [0, 0.1) is 0 Å². The summed E-state index contributed by atoms with van der Waals surface area (Å²) < 4.78 is 40.3. The fraction of sp³-hybridized carbons (Fsp3) is 0.476. The molecule has 1 aromatic carbocycles. The van der Waals surface area contributed by atoms with Gasteiger partial charge >= 0.3 is 5.69 Å². The van der Waals surface area contributed by atoms with E-state index in [2.05, 4.69) is 15.0 Å². The Hall–Kier alpha value is -2.96. The Kier molecular flexibility index (Phi) is 6.68. The molecule has 178 valence electrons. The molecule has 1 saturated heterocycles. The third-order valence-electron chi connectivity index (χ3n) is 5.36. The smallest absolute Gasteiger partial charge is 0.330 e. The van der Waals surface area contributed by atoms with Gasteiger partial charge in [0.15, 0.2) is 5.65 Å². The van der Waals surface area contributed by atoms with Crippen LogP contribution in [0.4, 0.5) is 0 Å². The zero-order valence-corrected chi connectivity index (χ0v) is 19.4. The van der Waals surface area contributed by atoms with Crippen LogP contribution in [0.3, 0.4) is 0 Å². The standard InChI is InChI=1S/C21H27N5O6S/c1-3-7-26-19-17(20(27)24-21(26)28)22-18(23-19)15-13-14(5-6-16(15)32-10-4-2)33(29,30)25-8-11-31-12-9-25/h5-6,13H,3-4,7-12H2,1-2H3,(H,22,23)(H,24,27,28). The summed E-state index contributed by atoms with van der Waals surface area (Å²) in [6.45, 7) is 5.89. The van der Waals surface area contributed by atoms with Crippen molar-refractivity contribution in [2.45, 2.75) is 38.1 Å². The monoisotopic (exact) mass is 477 g/mol. The maximum Gasteiger partial charge on any atom is 0.330 e. The first-order chi connectivity index (χ1) is 15.9. The molecule has 2 aromatic heterocycles. The number of imidazole rings is 1. The molecule has 0 unspecified atom stereocenters. The van der Waals surface area contributed by atoms with E-state index in [0.29, 0.717) is 44.1 Å². The van der Waals surface area contributed by atoms with E-state index in [-0.39, 0.29) is 35.0 Å². The number of fused-ring (bicyclic) bond motifs is 1. The molecule has 0 amide bonds. The van der Waals surface area contributed by atoms with Crippen molar-refractivity contribution >= 4 is 21.2 Å². The van der Waals surface area contributed by atoms with Crippen molar-refractivity contribution in [3.05, 3.63) is 39.0 Å². The van der Waals surface area contributed by atoms with Gasteiger partial charge in [0.2, 0.25) is 10.0 Å². The van der Waals surface area contributed by atoms with Gasteiger partial charge in [-0.05, 0) is 31.0 Å². The number of ether oxygens (including phenoxy) is 2. The first-order valence-corrected chi connectivity index (χ1v) is 12.4. The molecule has 0 bridgehead atoms. The van der Waals surface area contributed by atoms with Crippen LogP contribution in [0.2, 0.25) is 0 Å². The molecule has 0 radical (unpaired) electrons. The van der Waals surface area contributed by atoms with Crippen molar-refractivity contribution in [2.24, 2.45) is 0 Å². The van der Waals surface area contributed by atoms with E-state index in [0.717, 1.165) is 6.42 Å². The number of nitrogens with zero attached hydrogens (tertiary/aromatic N) is 3. The summed E-state index contributed by atoms with van der Waals surface area (Å²) in [6.07, 6.45) is 1.42. The zero-order valence-electron chi connectivity index (χ0n) is 18.6. The van der Waals surface area contributed by atoms with Gasteiger partial charge in [0.25, 0.3) is 5.56 Å². The van der Waals surface area contributed by atoms with Gasteiger partial charge in [-0.2, -0.15) is 4.31 Å². The van der Waals surface area contributed by atoms with Crippen LogP contribution in [0.1, 0.15) is 26.7 Å². The quantitative estimate of drug-likeness (QED) is 0.498. The van der Waals surface area contributed by atoms with Crippen molar-refractivity contribution in [1.82, 2.24) is 23.8 Å². The van der Waals surface area contributed by atoms with E-state index in [4.69, 9.17) is 9.47 Å². The van der Waals surface area contributed by atoms with Crippen molar-refractivity contribution in [1.29, 1.82) is 0 Å². The Bertz CT molecular complexity index is 1370. The summed E-state index contributed by atoms with van der Waals surface area (Å²) in [5.74, 6) is 0.675. The Morgan fingerprint density at radius 3 is 2.58 bits per heavy atom. The molecule has 0 spiro atoms. The lowest BCUT2D eigenvalue weighted by atomic mass is 10.2. The van der Waals surface area contributed by atoms with E-state index in [1.54, 1.807) is 6.07 Å². The highest BCUT2D eigenvalue weighted by Gasteiger charge is 2.28. The van der Waals surface area contributed by atoms with Gasteiger partial charge in [-0.25, -0.2) is 18.2 Å². The first-order valence-electron chi connectivity index (χ1n) is 10.9.